The largest absolute Gasteiger partial charge is 0.341 e. The highest BCUT2D eigenvalue weighted by atomic mass is 16.2. The molecule has 8 heteroatoms. The van der Waals surface area contributed by atoms with E-state index >= 15 is 0 Å². The smallest absolute Gasteiger partial charge is 0.222 e. The van der Waals surface area contributed by atoms with Crippen molar-refractivity contribution in [1.82, 2.24) is 34.5 Å². The van der Waals surface area contributed by atoms with E-state index in [9.17, 15) is 4.79 Å². The molecule has 1 amide bonds. The number of aromatic nitrogens is 6. The lowest BCUT2D eigenvalue weighted by atomic mass is 10.2. The average molecular weight is 403 g/mol. The molecule has 0 aliphatic heterocycles. The highest BCUT2D eigenvalue weighted by Crippen LogP contribution is 2.13. The van der Waals surface area contributed by atoms with E-state index in [1.807, 2.05) is 69.4 Å². The summed E-state index contributed by atoms with van der Waals surface area (Å²) in [5.41, 5.74) is 3.76. The van der Waals surface area contributed by atoms with Crippen LogP contribution in [0.4, 0.5) is 0 Å². The van der Waals surface area contributed by atoms with Crippen LogP contribution in [0.15, 0.2) is 48.5 Å². The van der Waals surface area contributed by atoms with Crippen molar-refractivity contribution in [3.05, 3.63) is 71.3 Å². The second-order valence-corrected chi connectivity index (χ2v) is 7.51. The van der Waals surface area contributed by atoms with E-state index in [-0.39, 0.29) is 5.91 Å². The minimum Gasteiger partial charge on any atom is -0.341 e. The van der Waals surface area contributed by atoms with Crippen molar-refractivity contribution >= 4 is 11.6 Å². The number of fused-ring (bicyclic) bond motifs is 1. The van der Waals surface area contributed by atoms with Crippen LogP contribution >= 0.6 is 0 Å². The first-order valence-corrected chi connectivity index (χ1v) is 10.0. The van der Waals surface area contributed by atoms with Gasteiger partial charge in [0.1, 0.15) is 0 Å². The zero-order valence-corrected chi connectivity index (χ0v) is 17.5. The Morgan fingerprint density at radius 3 is 2.57 bits per heavy atom. The lowest BCUT2D eigenvalue weighted by Gasteiger charge is -2.17. The van der Waals surface area contributed by atoms with E-state index in [2.05, 4.69) is 20.4 Å². The molecule has 0 saturated carbocycles. The molecular formula is C22H25N7O. The fraction of sp³-hybridized carbons (Fsp3) is 0.318. The zero-order valence-electron chi connectivity index (χ0n) is 17.5. The van der Waals surface area contributed by atoms with Crippen molar-refractivity contribution < 1.29 is 4.79 Å². The Hall–Kier alpha value is -3.55. The SMILES string of the molecule is Cc1cc(C)n(-c2ccc3nnc(CCCC(=O)N(C)Cc4ccccc4)n3n2)n1. The molecule has 0 atom stereocenters. The summed E-state index contributed by atoms with van der Waals surface area (Å²) in [6, 6.07) is 15.8. The summed E-state index contributed by atoms with van der Waals surface area (Å²) in [5.74, 6) is 1.57. The minimum absolute atomic E-state index is 0.115. The summed E-state index contributed by atoms with van der Waals surface area (Å²) >= 11 is 0. The molecule has 0 saturated heterocycles. The highest BCUT2D eigenvalue weighted by molar-refractivity contribution is 5.75. The van der Waals surface area contributed by atoms with Gasteiger partial charge in [-0.3, -0.25) is 4.79 Å². The maximum atomic E-state index is 12.5. The van der Waals surface area contributed by atoms with E-state index in [0.717, 1.165) is 22.8 Å². The summed E-state index contributed by atoms with van der Waals surface area (Å²) < 4.78 is 3.55. The number of hydrogen-bond donors (Lipinski definition) is 0. The minimum atomic E-state index is 0.115. The van der Waals surface area contributed by atoms with E-state index in [4.69, 9.17) is 0 Å². The fourth-order valence-corrected chi connectivity index (χ4v) is 3.49. The van der Waals surface area contributed by atoms with Gasteiger partial charge < -0.3 is 4.90 Å². The van der Waals surface area contributed by atoms with Crippen molar-refractivity contribution in [3.63, 3.8) is 0 Å². The predicted octanol–water partition coefficient (Wildman–Crippen LogP) is 2.91. The van der Waals surface area contributed by atoms with Gasteiger partial charge in [-0.15, -0.1) is 15.3 Å². The summed E-state index contributed by atoms with van der Waals surface area (Å²) in [6.07, 6.45) is 1.76. The molecule has 0 fully saturated rings. The molecule has 0 N–H and O–H groups in total. The van der Waals surface area contributed by atoms with Crippen LogP contribution in [0.1, 0.15) is 35.6 Å². The lowest BCUT2D eigenvalue weighted by molar-refractivity contribution is -0.130. The molecule has 8 nitrogen and oxygen atoms in total. The van der Waals surface area contributed by atoms with Crippen molar-refractivity contribution in [2.24, 2.45) is 0 Å². The van der Waals surface area contributed by atoms with Gasteiger partial charge in [-0.1, -0.05) is 30.3 Å². The molecular weight excluding hydrogens is 378 g/mol. The van der Waals surface area contributed by atoms with Crippen LogP contribution in [0.2, 0.25) is 0 Å². The Kier molecular flexibility index (Phi) is 5.56. The van der Waals surface area contributed by atoms with Crippen molar-refractivity contribution in [3.8, 4) is 5.82 Å². The molecule has 3 aromatic heterocycles. The van der Waals surface area contributed by atoms with Gasteiger partial charge in [0.25, 0.3) is 0 Å². The second-order valence-electron chi connectivity index (χ2n) is 7.51. The van der Waals surface area contributed by atoms with Gasteiger partial charge in [0.05, 0.1) is 5.69 Å². The third kappa shape index (κ3) is 4.22. The van der Waals surface area contributed by atoms with Gasteiger partial charge in [0, 0.05) is 32.1 Å². The van der Waals surface area contributed by atoms with Crippen molar-refractivity contribution in [2.45, 2.75) is 39.7 Å². The molecule has 154 valence electrons. The topological polar surface area (TPSA) is 81.2 Å². The molecule has 0 aliphatic rings. The standard InChI is InChI=1S/C22H25N7O/c1-16-14-17(2)28(25-16)21-13-12-20-24-23-19(29(20)26-21)10-7-11-22(30)27(3)15-18-8-5-4-6-9-18/h4-6,8-9,12-14H,7,10-11,15H2,1-3H3. The monoisotopic (exact) mass is 403 g/mol. The third-order valence-electron chi connectivity index (χ3n) is 5.02. The van der Waals surface area contributed by atoms with Crippen molar-refractivity contribution in [1.29, 1.82) is 0 Å². The Morgan fingerprint density at radius 2 is 1.83 bits per heavy atom. The molecule has 0 aliphatic carbocycles. The Balaban J connectivity index is 1.41. The molecule has 1 aromatic carbocycles. The molecule has 4 aromatic rings. The van der Waals surface area contributed by atoms with Crippen LogP contribution in [0.25, 0.3) is 11.5 Å². The van der Waals surface area contributed by atoms with Gasteiger partial charge in [-0.2, -0.15) is 9.61 Å². The number of rotatable bonds is 7. The number of carbonyl (C=O) groups excluding carboxylic acids is 1. The third-order valence-corrected chi connectivity index (χ3v) is 5.02. The predicted molar refractivity (Wildman–Crippen MR) is 113 cm³/mol. The van der Waals surface area contributed by atoms with Crippen LogP contribution < -0.4 is 0 Å². The van der Waals surface area contributed by atoms with E-state index in [1.54, 1.807) is 14.1 Å². The van der Waals surface area contributed by atoms with Crippen molar-refractivity contribution in [2.75, 3.05) is 7.05 Å². The number of benzene rings is 1. The Morgan fingerprint density at radius 1 is 1.03 bits per heavy atom. The van der Waals surface area contributed by atoms with Crippen LogP contribution in [0, 0.1) is 13.8 Å². The highest BCUT2D eigenvalue weighted by Gasteiger charge is 2.13. The first-order valence-electron chi connectivity index (χ1n) is 10.0. The number of nitrogens with zero attached hydrogens (tertiary/aromatic N) is 7. The number of hydrogen-bond acceptors (Lipinski definition) is 5. The summed E-state index contributed by atoms with van der Waals surface area (Å²) in [5, 5.41) is 17.6. The summed E-state index contributed by atoms with van der Waals surface area (Å²) in [4.78, 5) is 14.2. The number of carbonyl (C=O) groups is 1. The van der Waals surface area contributed by atoms with Crippen LogP contribution in [0.3, 0.4) is 0 Å². The van der Waals surface area contributed by atoms with E-state index in [0.29, 0.717) is 37.3 Å². The Labute approximate surface area is 175 Å². The fourth-order valence-electron chi connectivity index (χ4n) is 3.49. The molecule has 0 radical (unpaired) electrons. The average Bonchev–Trinajstić information content (AvgIpc) is 3.30. The normalized spacial score (nSPS) is 11.2. The molecule has 4 rings (SSSR count). The van der Waals surface area contributed by atoms with Gasteiger partial charge in [0.2, 0.25) is 5.91 Å². The van der Waals surface area contributed by atoms with Crippen LogP contribution in [0.5, 0.6) is 0 Å². The second kappa shape index (κ2) is 8.44. The quantitative estimate of drug-likeness (QED) is 0.474. The number of amides is 1. The van der Waals surface area contributed by atoms with Gasteiger partial charge in [-0.25, -0.2) is 4.68 Å². The molecule has 30 heavy (non-hydrogen) atoms. The lowest BCUT2D eigenvalue weighted by Crippen LogP contribution is -2.26. The van der Waals surface area contributed by atoms with E-state index in [1.165, 1.54) is 0 Å². The molecule has 0 unspecified atom stereocenters. The first kappa shape index (κ1) is 19.8. The van der Waals surface area contributed by atoms with Crippen LogP contribution in [-0.2, 0) is 17.8 Å². The molecule has 0 spiro atoms. The Bertz CT molecular complexity index is 1160. The van der Waals surface area contributed by atoms with Gasteiger partial charge in [-0.05, 0) is 44.0 Å². The molecule has 0 bridgehead atoms. The zero-order chi connectivity index (χ0) is 21.1. The first-order chi connectivity index (χ1) is 14.5. The van der Waals surface area contributed by atoms with Gasteiger partial charge >= 0.3 is 0 Å². The maximum absolute atomic E-state index is 12.5. The van der Waals surface area contributed by atoms with E-state index < -0.39 is 0 Å². The van der Waals surface area contributed by atoms with Gasteiger partial charge in [0.15, 0.2) is 17.3 Å². The maximum Gasteiger partial charge on any atom is 0.222 e. The molecule has 3 heterocycles. The number of aryl methyl sites for hydroxylation is 3. The summed E-state index contributed by atoms with van der Waals surface area (Å²) in [7, 11) is 1.84. The van der Waals surface area contributed by atoms with Crippen LogP contribution in [-0.4, -0.2) is 47.4 Å². The summed E-state index contributed by atoms with van der Waals surface area (Å²) in [6.45, 7) is 4.57.